The van der Waals surface area contributed by atoms with Gasteiger partial charge in [-0.1, -0.05) is 32.0 Å². The van der Waals surface area contributed by atoms with E-state index in [1.807, 2.05) is 6.92 Å². The molecule has 4 nitrogen and oxygen atoms in total. The predicted molar refractivity (Wildman–Crippen MR) is 84.1 cm³/mol. The molecular formula is C14H19FN2O2S2. The van der Waals surface area contributed by atoms with Crippen LogP contribution >= 0.6 is 12.2 Å². The minimum Gasteiger partial charge on any atom is -0.389 e. The van der Waals surface area contributed by atoms with Crippen molar-refractivity contribution in [1.29, 1.82) is 0 Å². The molecule has 1 aromatic rings. The van der Waals surface area contributed by atoms with Crippen LogP contribution < -0.4 is 5.73 Å². The van der Waals surface area contributed by atoms with Crippen LogP contribution in [-0.2, 0) is 10.0 Å². The SMILES string of the molecule is CCN(C1CCCC1)S(=O)(=O)c1ccc(F)c(C(N)=S)c1. The Kier molecular flexibility index (Phi) is 4.95. The van der Waals surface area contributed by atoms with Crippen molar-refractivity contribution in [3.8, 4) is 0 Å². The van der Waals surface area contributed by atoms with Crippen molar-refractivity contribution >= 4 is 27.2 Å². The van der Waals surface area contributed by atoms with E-state index < -0.39 is 15.8 Å². The Morgan fingerprint density at radius 3 is 2.57 bits per heavy atom. The number of hydrogen-bond acceptors (Lipinski definition) is 3. The van der Waals surface area contributed by atoms with E-state index >= 15 is 0 Å². The zero-order valence-corrected chi connectivity index (χ0v) is 13.5. The van der Waals surface area contributed by atoms with E-state index in [2.05, 4.69) is 0 Å². The summed E-state index contributed by atoms with van der Waals surface area (Å²) in [5.41, 5.74) is 5.41. The Morgan fingerprint density at radius 1 is 1.43 bits per heavy atom. The zero-order valence-electron chi connectivity index (χ0n) is 11.9. The third-order valence-electron chi connectivity index (χ3n) is 3.85. The maximum atomic E-state index is 13.6. The highest BCUT2D eigenvalue weighted by Gasteiger charge is 2.32. The highest BCUT2D eigenvalue weighted by atomic mass is 32.2. The summed E-state index contributed by atoms with van der Waals surface area (Å²) in [4.78, 5) is -0.103. The molecule has 116 valence electrons. The number of hydrogen-bond donors (Lipinski definition) is 1. The first-order valence-electron chi connectivity index (χ1n) is 6.99. The summed E-state index contributed by atoms with van der Waals surface area (Å²) >= 11 is 4.76. The maximum Gasteiger partial charge on any atom is 0.243 e. The lowest BCUT2D eigenvalue weighted by Gasteiger charge is -2.26. The maximum absolute atomic E-state index is 13.6. The summed E-state index contributed by atoms with van der Waals surface area (Å²) in [6.45, 7) is 2.21. The van der Waals surface area contributed by atoms with Crippen LogP contribution in [0.1, 0.15) is 38.2 Å². The van der Waals surface area contributed by atoms with Crippen LogP contribution in [0.15, 0.2) is 23.1 Å². The highest BCUT2D eigenvalue weighted by Crippen LogP contribution is 2.29. The normalized spacial score (nSPS) is 16.5. The number of halogens is 1. The van der Waals surface area contributed by atoms with E-state index in [1.165, 1.54) is 16.4 Å². The minimum absolute atomic E-state index is 0.0262. The van der Waals surface area contributed by atoms with Gasteiger partial charge in [-0.05, 0) is 31.0 Å². The molecule has 0 saturated heterocycles. The number of benzene rings is 1. The van der Waals surface area contributed by atoms with E-state index in [9.17, 15) is 12.8 Å². The summed E-state index contributed by atoms with van der Waals surface area (Å²) in [5.74, 6) is -0.606. The summed E-state index contributed by atoms with van der Waals surface area (Å²) < 4.78 is 40.6. The van der Waals surface area contributed by atoms with Crippen LogP contribution in [0, 0.1) is 5.82 Å². The summed E-state index contributed by atoms with van der Waals surface area (Å²) in [6, 6.07) is 3.62. The monoisotopic (exact) mass is 330 g/mol. The molecule has 1 aliphatic carbocycles. The van der Waals surface area contributed by atoms with E-state index in [1.54, 1.807) is 0 Å². The van der Waals surface area contributed by atoms with Gasteiger partial charge in [0.15, 0.2) is 0 Å². The third-order valence-corrected chi connectivity index (χ3v) is 6.10. The Morgan fingerprint density at radius 2 is 2.05 bits per heavy atom. The fourth-order valence-electron chi connectivity index (χ4n) is 2.81. The summed E-state index contributed by atoms with van der Waals surface area (Å²) in [7, 11) is -3.66. The van der Waals surface area contributed by atoms with E-state index in [0.717, 1.165) is 31.7 Å². The van der Waals surface area contributed by atoms with Gasteiger partial charge in [0.2, 0.25) is 10.0 Å². The van der Waals surface area contributed by atoms with E-state index in [-0.39, 0.29) is 21.5 Å². The Bertz CT molecular complexity index is 640. The molecule has 0 radical (unpaired) electrons. The molecule has 1 fully saturated rings. The molecule has 2 N–H and O–H groups in total. The number of rotatable bonds is 5. The third kappa shape index (κ3) is 3.25. The molecular weight excluding hydrogens is 311 g/mol. The van der Waals surface area contributed by atoms with Gasteiger partial charge in [0.25, 0.3) is 0 Å². The minimum atomic E-state index is -3.66. The molecule has 0 heterocycles. The molecule has 21 heavy (non-hydrogen) atoms. The molecule has 2 rings (SSSR count). The van der Waals surface area contributed by atoms with E-state index in [0.29, 0.717) is 6.54 Å². The fourth-order valence-corrected chi connectivity index (χ4v) is 4.68. The molecule has 1 aromatic carbocycles. The number of nitrogens with zero attached hydrogens (tertiary/aromatic N) is 1. The van der Waals surface area contributed by atoms with Crippen molar-refractivity contribution in [2.24, 2.45) is 5.73 Å². The number of sulfonamides is 1. The molecule has 0 amide bonds. The van der Waals surface area contributed by atoms with Gasteiger partial charge in [-0.2, -0.15) is 4.31 Å². The quantitative estimate of drug-likeness (QED) is 0.842. The second kappa shape index (κ2) is 6.37. The van der Waals surface area contributed by atoms with Crippen molar-refractivity contribution in [2.75, 3.05) is 6.54 Å². The lowest BCUT2D eigenvalue weighted by atomic mass is 10.2. The van der Waals surface area contributed by atoms with Crippen LogP contribution in [0.2, 0.25) is 0 Å². The highest BCUT2D eigenvalue weighted by molar-refractivity contribution is 7.89. The Hall–Kier alpha value is -1.05. The smallest absolute Gasteiger partial charge is 0.243 e. The molecule has 1 saturated carbocycles. The molecule has 0 aliphatic heterocycles. The van der Waals surface area contributed by atoms with Crippen molar-refractivity contribution in [3.63, 3.8) is 0 Å². The molecule has 7 heteroatoms. The first-order chi connectivity index (χ1) is 9.87. The van der Waals surface area contributed by atoms with E-state index in [4.69, 9.17) is 18.0 Å². The van der Waals surface area contributed by atoms with Gasteiger partial charge in [-0.25, -0.2) is 12.8 Å². The summed E-state index contributed by atoms with van der Waals surface area (Å²) in [5, 5.41) is 0. The topological polar surface area (TPSA) is 63.4 Å². The van der Waals surface area contributed by atoms with Crippen molar-refractivity contribution in [3.05, 3.63) is 29.6 Å². The first kappa shape index (κ1) is 16.3. The van der Waals surface area contributed by atoms with Gasteiger partial charge < -0.3 is 5.73 Å². The second-order valence-electron chi connectivity index (χ2n) is 5.15. The van der Waals surface area contributed by atoms with Crippen LogP contribution in [0.5, 0.6) is 0 Å². The summed E-state index contributed by atoms with van der Waals surface area (Å²) in [6.07, 6.45) is 3.82. The van der Waals surface area contributed by atoms with Crippen LogP contribution in [0.25, 0.3) is 0 Å². The van der Waals surface area contributed by atoms with Crippen molar-refractivity contribution < 1.29 is 12.8 Å². The van der Waals surface area contributed by atoms with Gasteiger partial charge >= 0.3 is 0 Å². The molecule has 0 bridgehead atoms. The van der Waals surface area contributed by atoms with Crippen LogP contribution in [0.3, 0.4) is 0 Å². The second-order valence-corrected chi connectivity index (χ2v) is 7.48. The van der Waals surface area contributed by atoms with Crippen LogP contribution in [-0.4, -0.2) is 30.3 Å². The largest absolute Gasteiger partial charge is 0.389 e. The average molecular weight is 330 g/mol. The fraction of sp³-hybridized carbons (Fsp3) is 0.500. The van der Waals surface area contributed by atoms with Gasteiger partial charge in [0, 0.05) is 18.2 Å². The average Bonchev–Trinajstić information content (AvgIpc) is 2.93. The van der Waals surface area contributed by atoms with Gasteiger partial charge in [0.1, 0.15) is 10.8 Å². The van der Waals surface area contributed by atoms with Crippen molar-refractivity contribution in [2.45, 2.75) is 43.5 Å². The van der Waals surface area contributed by atoms with Gasteiger partial charge in [-0.3, -0.25) is 0 Å². The van der Waals surface area contributed by atoms with Gasteiger partial charge in [0.05, 0.1) is 4.90 Å². The van der Waals surface area contributed by atoms with Crippen molar-refractivity contribution in [1.82, 2.24) is 4.31 Å². The number of thiocarbonyl (C=S) groups is 1. The predicted octanol–water partition coefficient (Wildman–Crippen LogP) is 2.41. The molecule has 1 aliphatic rings. The molecule has 0 atom stereocenters. The van der Waals surface area contributed by atoms with Gasteiger partial charge in [-0.15, -0.1) is 0 Å². The lowest BCUT2D eigenvalue weighted by Crippen LogP contribution is -2.38. The Labute approximate surface area is 130 Å². The van der Waals surface area contributed by atoms with Crippen LogP contribution in [0.4, 0.5) is 4.39 Å². The molecule has 0 aromatic heterocycles. The first-order valence-corrected chi connectivity index (χ1v) is 8.84. The molecule has 0 unspecified atom stereocenters. The standard InChI is InChI=1S/C14H19FN2O2S2/c1-2-17(10-5-3-4-6-10)21(18,19)11-7-8-13(15)12(9-11)14(16)20/h7-10H,2-6H2,1H3,(H2,16,20). The zero-order chi connectivity index (χ0) is 15.6. The lowest BCUT2D eigenvalue weighted by molar-refractivity contribution is 0.335. The number of nitrogens with two attached hydrogens (primary N) is 1. The Balaban J connectivity index is 2.42. The molecule has 0 spiro atoms.